The maximum atomic E-state index is 13.0. The Hall–Kier alpha value is -1.99. The zero-order valence-electron chi connectivity index (χ0n) is 18.1. The second-order valence-corrected chi connectivity index (χ2v) is 9.43. The number of likely N-dealkylation sites (tertiary alicyclic amines) is 1. The third-order valence-electron chi connectivity index (χ3n) is 5.98. The number of carbonyl (C=O) groups excluding carboxylic acids is 3. The molecule has 1 N–H and O–H groups in total. The molecule has 3 fully saturated rings. The van der Waals surface area contributed by atoms with Crippen LogP contribution in [0.4, 0.5) is 9.59 Å². The van der Waals surface area contributed by atoms with Gasteiger partial charge in [-0.05, 0) is 46.5 Å². The molecule has 8 heteroatoms. The molecule has 1 unspecified atom stereocenters. The van der Waals surface area contributed by atoms with Crippen molar-refractivity contribution in [2.75, 3.05) is 32.7 Å². The zero-order chi connectivity index (χ0) is 21.0. The lowest BCUT2D eigenvalue weighted by atomic mass is 9.96. The zero-order valence-corrected chi connectivity index (χ0v) is 18.1. The first-order valence-corrected chi connectivity index (χ1v) is 11.1. The highest BCUT2D eigenvalue weighted by Gasteiger charge is 2.39. The molecule has 3 aliphatic rings. The van der Waals surface area contributed by atoms with E-state index in [4.69, 9.17) is 4.74 Å². The lowest BCUT2D eigenvalue weighted by Gasteiger charge is -2.38. The minimum atomic E-state index is -0.579. The maximum absolute atomic E-state index is 13.0. The minimum absolute atomic E-state index is 0.0137. The lowest BCUT2D eigenvalue weighted by molar-refractivity contribution is -0.137. The average Bonchev–Trinajstić information content (AvgIpc) is 3.17. The van der Waals surface area contributed by atoms with E-state index in [2.05, 4.69) is 5.32 Å². The SMILES string of the molecule is CC(C)(C)OC(=O)N1CCCC1C(=O)N1CCN(C(=O)NC2CCCCC2)CC1. The third kappa shape index (κ3) is 5.76. The molecule has 0 aromatic heterocycles. The first-order chi connectivity index (χ1) is 13.7. The largest absolute Gasteiger partial charge is 0.444 e. The summed E-state index contributed by atoms with van der Waals surface area (Å²) in [6.45, 7) is 8.12. The van der Waals surface area contributed by atoms with Crippen LogP contribution in [0.3, 0.4) is 0 Å². The van der Waals surface area contributed by atoms with E-state index >= 15 is 0 Å². The van der Waals surface area contributed by atoms with Crippen LogP contribution in [0.25, 0.3) is 0 Å². The number of hydrogen-bond donors (Lipinski definition) is 1. The fourth-order valence-electron chi connectivity index (χ4n) is 4.42. The van der Waals surface area contributed by atoms with Crippen LogP contribution in [0.1, 0.15) is 65.7 Å². The molecule has 8 nitrogen and oxygen atoms in total. The van der Waals surface area contributed by atoms with Crippen molar-refractivity contribution in [1.82, 2.24) is 20.0 Å². The fraction of sp³-hybridized carbons (Fsp3) is 0.857. The van der Waals surface area contributed by atoms with Crippen LogP contribution in [-0.4, -0.2) is 83.1 Å². The third-order valence-corrected chi connectivity index (χ3v) is 5.98. The molecule has 0 bridgehead atoms. The average molecular weight is 409 g/mol. The molecule has 0 aromatic carbocycles. The summed E-state index contributed by atoms with van der Waals surface area (Å²) >= 11 is 0. The molecule has 29 heavy (non-hydrogen) atoms. The number of ether oxygens (including phenoxy) is 1. The summed E-state index contributed by atoms with van der Waals surface area (Å²) in [6, 6.07) is -0.176. The predicted molar refractivity (Wildman–Crippen MR) is 110 cm³/mol. The lowest BCUT2D eigenvalue weighted by Crippen LogP contribution is -2.57. The van der Waals surface area contributed by atoms with Gasteiger partial charge in [0.15, 0.2) is 0 Å². The van der Waals surface area contributed by atoms with Crippen molar-refractivity contribution >= 4 is 18.0 Å². The molecule has 2 aliphatic heterocycles. The van der Waals surface area contributed by atoms with Gasteiger partial charge in [0.2, 0.25) is 5.91 Å². The van der Waals surface area contributed by atoms with Crippen LogP contribution >= 0.6 is 0 Å². The molecule has 0 spiro atoms. The van der Waals surface area contributed by atoms with Crippen molar-refractivity contribution < 1.29 is 19.1 Å². The summed E-state index contributed by atoms with van der Waals surface area (Å²) in [5.41, 5.74) is -0.579. The Morgan fingerprint density at radius 1 is 0.828 bits per heavy atom. The van der Waals surface area contributed by atoms with E-state index in [1.54, 1.807) is 14.7 Å². The molecule has 1 aliphatic carbocycles. The molecule has 1 atom stereocenters. The van der Waals surface area contributed by atoms with Crippen LogP contribution in [0.2, 0.25) is 0 Å². The van der Waals surface area contributed by atoms with Crippen molar-refractivity contribution in [2.24, 2.45) is 0 Å². The Bertz CT molecular complexity index is 604. The van der Waals surface area contributed by atoms with E-state index < -0.39 is 17.7 Å². The Balaban J connectivity index is 1.48. The van der Waals surface area contributed by atoms with Crippen molar-refractivity contribution in [2.45, 2.75) is 83.4 Å². The van der Waals surface area contributed by atoms with E-state index in [1.807, 2.05) is 20.8 Å². The molecule has 2 heterocycles. The van der Waals surface area contributed by atoms with Gasteiger partial charge in [-0.1, -0.05) is 19.3 Å². The molecular weight excluding hydrogens is 372 g/mol. The first kappa shape index (κ1) is 21.7. The molecule has 3 rings (SSSR count). The van der Waals surface area contributed by atoms with Crippen molar-refractivity contribution in [1.29, 1.82) is 0 Å². The quantitative estimate of drug-likeness (QED) is 0.761. The van der Waals surface area contributed by atoms with E-state index in [0.717, 1.165) is 19.3 Å². The monoisotopic (exact) mass is 408 g/mol. The Morgan fingerprint density at radius 2 is 1.45 bits per heavy atom. The van der Waals surface area contributed by atoms with E-state index in [9.17, 15) is 14.4 Å². The number of carbonyl (C=O) groups is 3. The van der Waals surface area contributed by atoms with Gasteiger partial charge in [0.05, 0.1) is 0 Å². The molecule has 1 saturated carbocycles. The van der Waals surface area contributed by atoms with Gasteiger partial charge in [0.1, 0.15) is 11.6 Å². The minimum Gasteiger partial charge on any atom is -0.444 e. The molecular formula is C21H36N4O4. The number of amides is 4. The summed E-state index contributed by atoms with van der Waals surface area (Å²) in [6.07, 6.45) is 6.80. The predicted octanol–water partition coefficient (Wildman–Crippen LogP) is 2.57. The van der Waals surface area contributed by atoms with Crippen molar-refractivity contribution in [3.8, 4) is 0 Å². The van der Waals surface area contributed by atoms with Gasteiger partial charge in [0.25, 0.3) is 0 Å². The number of nitrogens with one attached hydrogen (secondary N) is 1. The summed E-state index contributed by atoms with van der Waals surface area (Å²) in [5, 5.41) is 3.15. The highest BCUT2D eigenvalue weighted by atomic mass is 16.6. The van der Waals surface area contributed by atoms with E-state index in [1.165, 1.54) is 19.3 Å². The van der Waals surface area contributed by atoms with Crippen LogP contribution in [-0.2, 0) is 9.53 Å². The van der Waals surface area contributed by atoms with E-state index in [-0.39, 0.29) is 18.0 Å². The Labute approximate surface area is 173 Å². The summed E-state index contributed by atoms with van der Waals surface area (Å²) < 4.78 is 5.47. The smallest absolute Gasteiger partial charge is 0.410 e. The van der Waals surface area contributed by atoms with Crippen molar-refractivity contribution in [3.05, 3.63) is 0 Å². The summed E-state index contributed by atoms with van der Waals surface area (Å²) in [7, 11) is 0. The Morgan fingerprint density at radius 3 is 2.07 bits per heavy atom. The van der Waals surface area contributed by atoms with E-state index in [0.29, 0.717) is 39.1 Å². The van der Waals surface area contributed by atoms with Gasteiger partial charge in [0, 0.05) is 38.8 Å². The Kier molecular flexibility index (Phi) is 6.90. The van der Waals surface area contributed by atoms with Crippen LogP contribution in [0.5, 0.6) is 0 Å². The number of rotatable bonds is 2. The number of urea groups is 1. The van der Waals surface area contributed by atoms with Gasteiger partial charge in [-0.2, -0.15) is 0 Å². The number of piperazine rings is 1. The highest BCUT2D eigenvalue weighted by Crippen LogP contribution is 2.23. The number of hydrogen-bond acceptors (Lipinski definition) is 4. The molecule has 164 valence electrons. The standard InChI is InChI=1S/C21H36N4O4/c1-21(2,3)29-20(28)25-11-7-10-17(25)18(26)23-12-14-24(15-13-23)19(27)22-16-8-5-4-6-9-16/h16-17H,4-15H2,1-3H3,(H,22,27). The summed E-state index contributed by atoms with van der Waals surface area (Å²) in [5.74, 6) is -0.0271. The second-order valence-electron chi connectivity index (χ2n) is 9.43. The van der Waals surface area contributed by atoms with Gasteiger partial charge in [-0.25, -0.2) is 9.59 Å². The van der Waals surface area contributed by atoms with Gasteiger partial charge in [-0.3, -0.25) is 9.69 Å². The van der Waals surface area contributed by atoms with Gasteiger partial charge < -0.3 is 19.9 Å². The molecule has 0 aromatic rings. The van der Waals surface area contributed by atoms with Gasteiger partial charge >= 0.3 is 12.1 Å². The molecule has 2 saturated heterocycles. The molecule has 0 radical (unpaired) electrons. The topological polar surface area (TPSA) is 82.2 Å². The van der Waals surface area contributed by atoms with Crippen molar-refractivity contribution in [3.63, 3.8) is 0 Å². The molecule has 4 amide bonds. The van der Waals surface area contributed by atoms with Crippen LogP contribution < -0.4 is 5.32 Å². The van der Waals surface area contributed by atoms with Gasteiger partial charge in [-0.15, -0.1) is 0 Å². The number of nitrogens with zero attached hydrogens (tertiary/aromatic N) is 3. The summed E-state index contributed by atoms with van der Waals surface area (Å²) in [4.78, 5) is 43.2. The fourth-order valence-corrected chi connectivity index (χ4v) is 4.42. The van der Waals surface area contributed by atoms with Crippen LogP contribution in [0, 0.1) is 0 Å². The first-order valence-electron chi connectivity index (χ1n) is 11.1. The second kappa shape index (κ2) is 9.22. The van der Waals surface area contributed by atoms with Crippen LogP contribution in [0.15, 0.2) is 0 Å². The normalized spacial score (nSPS) is 23.8. The maximum Gasteiger partial charge on any atom is 0.410 e. The highest BCUT2D eigenvalue weighted by molar-refractivity contribution is 5.86.